The van der Waals surface area contributed by atoms with Crippen LogP contribution in [-0.4, -0.2) is 37.7 Å². The van der Waals surface area contributed by atoms with Gasteiger partial charge in [-0.3, -0.25) is 4.90 Å². The highest BCUT2D eigenvalue weighted by molar-refractivity contribution is 7.17. The summed E-state index contributed by atoms with van der Waals surface area (Å²) < 4.78 is 1.57. The number of hydrogen-bond acceptors (Lipinski definition) is 6. The van der Waals surface area contributed by atoms with Gasteiger partial charge in [0.15, 0.2) is 0 Å². The average molecular weight is 334 g/mol. The molecule has 0 spiro atoms. The normalized spacial score (nSPS) is 18.0. The lowest BCUT2D eigenvalue weighted by Crippen LogP contribution is -2.33. The number of aryl methyl sites for hydroxylation is 1. The van der Waals surface area contributed by atoms with Crippen molar-refractivity contribution in [3.8, 4) is 5.88 Å². The van der Waals surface area contributed by atoms with Gasteiger partial charge in [0.05, 0.1) is 10.9 Å². The minimum absolute atomic E-state index is 0.111. The molecule has 0 aliphatic carbocycles. The zero-order chi connectivity index (χ0) is 15.1. The van der Waals surface area contributed by atoms with Gasteiger partial charge < -0.3 is 5.11 Å². The highest BCUT2D eigenvalue weighted by Crippen LogP contribution is 2.41. The summed E-state index contributed by atoms with van der Waals surface area (Å²) in [5.74, 6) is 0.931. The Hall–Kier alpha value is -1.44. The Kier molecular flexibility index (Phi) is 3.63. The van der Waals surface area contributed by atoms with Crippen molar-refractivity contribution in [2.45, 2.75) is 32.2 Å². The number of thiazole rings is 1. The van der Waals surface area contributed by atoms with Crippen LogP contribution in [0.1, 0.15) is 41.6 Å². The van der Waals surface area contributed by atoms with Crippen LogP contribution in [-0.2, 0) is 0 Å². The first-order chi connectivity index (χ1) is 10.7. The number of hydrogen-bond donors (Lipinski definition) is 1. The fourth-order valence-corrected chi connectivity index (χ4v) is 5.00. The summed E-state index contributed by atoms with van der Waals surface area (Å²) in [6.07, 6.45) is 3.75. The van der Waals surface area contributed by atoms with E-state index in [1.807, 2.05) is 6.92 Å². The van der Waals surface area contributed by atoms with Gasteiger partial charge in [0.1, 0.15) is 5.82 Å². The molecule has 4 heterocycles. The SMILES string of the molecule is Cc1nc2sc([C@@H](c3ccsc3)N3CCCCC3)c(O)n2n1. The van der Waals surface area contributed by atoms with Gasteiger partial charge in [-0.1, -0.05) is 17.8 Å². The third kappa shape index (κ3) is 2.33. The van der Waals surface area contributed by atoms with Crippen LogP contribution in [0.25, 0.3) is 4.96 Å². The van der Waals surface area contributed by atoms with Gasteiger partial charge in [0.2, 0.25) is 10.8 Å². The maximum Gasteiger partial charge on any atom is 0.230 e. The third-order valence-corrected chi connectivity index (χ3v) is 5.94. The molecule has 5 nitrogen and oxygen atoms in total. The van der Waals surface area contributed by atoms with Crippen LogP contribution < -0.4 is 0 Å². The van der Waals surface area contributed by atoms with Gasteiger partial charge in [-0.05, 0) is 55.2 Å². The quantitative estimate of drug-likeness (QED) is 0.797. The van der Waals surface area contributed by atoms with E-state index in [1.54, 1.807) is 27.2 Å². The van der Waals surface area contributed by atoms with Gasteiger partial charge in [-0.15, -0.1) is 5.10 Å². The summed E-state index contributed by atoms with van der Waals surface area (Å²) in [5, 5.41) is 19.2. The van der Waals surface area contributed by atoms with Crippen molar-refractivity contribution in [3.05, 3.63) is 33.1 Å². The van der Waals surface area contributed by atoms with Crippen molar-refractivity contribution in [3.63, 3.8) is 0 Å². The van der Waals surface area contributed by atoms with Crippen LogP contribution in [0.5, 0.6) is 5.88 Å². The van der Waals surface area contributed by atoms with E-state index in [4.69, 9.17) is 0 Å². The second-order valence-electron chi connectivity index (χ2n) is 5.70. The number of aromatic nitrogens is 3. The molecule has 0 aromatic carbocycles. The molecule has 22 heavy (non-hydrogen) atoms. The Labute approximate surface area is 136 Å². The Morgan fingerprint density at radius 3 is 2.77 bits per heavy atom. The van der Waals surface area contributed by atoms with Crippen molar-refractivity contribution in [2.24, 2.45) is 0 Å². The summed E-state index contributed by atoms with van der Waals surface area (Å²) in [5.41, 5.74) is 1.25. The van der Waals surface area contributed by atoms with Crippen LogP contribution in [0.3, 0.4) is 0 Å². The second kappa shape index (κ2) is 5.64. The molecule has 1 saturated heterocycles. The molecular formula is C15H18N4OS2. The smallest absolute Gasteiger partial charge is 0.230 e. The third-order valence-electron chi connectivity index (χ3n) is 4.17. The maximum atomic E-state index is 10.7. The largest absolute Gasteiger partial charge is 0.492 e. The number of piperidine rings is 1. The lowest BCUT2D eigenvalue weighted by molar-refractivity contribution is 0.187. The van der Waals surface area contributed by atoms with Crippen molar-refractivity contribution in [2.75, 3.05) is 13.1 Å². The van der Waals surface area contributed by atoms with E-state index in [0.29, 0.717) is 5.82 Å². The van der Waals surface area contributed by atoms with Gasteiger partial charge >= 0.3 is 0 Å². The minimum Gasteiger partial charge on any atom is -0.492 e. The Morgan fingerprint density at radius 2 is 2.09 bits per heavy atom. The lowest BCUT2D eigenvalue weighted by Gasteiger charge is -2.33. The molecular weight excluding hydrogens is 316 g/mol. The van der Waals surface area contributed by atoms with Gasteiger partial charge in [0.25, 0.3) is 0 Å². The van der Waals surface area contributed by atoms with E-state index in [0.717, 1.165) is 22.9 Å². The summed E-state index contributed by atoms with van der Waals surface area (Å²) >= 11 is 3.25. The van der Waals surface area contributed by atoms with Gasteiger partial charge in [-0.25, -0.2) is 4.98 Å². The number of rotatable bonds is 3. The average Bonchev–Trinajstić information content (AvgIpc) is 3.22. The molecule has 0 amide bonds. The predicted molar refractivity (Wildman–Crippen MR) is 88.9 cm³/mol. The van der Waals surface area contributed by atoms with Crippen LogP contribution >= 0.6 is 22.7 Å². The van der Waals surface area contributed by atoms with Crippen LogP contribution in [0.15, 0.2) is 16.8 Å². The Bertz CT molecular complexity index is 771. The zero-order valence-corrected chi connectivity index (χ0v) is 14.0. The molecule has 0 saturated carbocycles. The number of fused-ring (bicyclic) bond motifs is 1. The molecule has 0 unspecified atom stereocenters. The molecule has 1 N–H and O–H groups in total. The molecule has 7 heteroatoms. The maximum absolute atomic E-state index is 10.7. The molecule has 3 aromatic heterocycles. The highest BCUT2D eigenvalue weighted by atomic mass is 32.1. The van der Waals surface area contributed by atoms with Crippen molar-refractivity contribution in [1.29, 1.82) is 0 Å². The second-order valence-corrected chi connectivity index (χ2v) is 7.49. The van der Waals surface area contributed by atoms with E-state index in [2.05, 4.69) is 31.8 Å². The topological polar surface area (TPSA) is 53.7 Å². The summed E-state index contributed by atoms with van der Waals surface area (Å²) in [6.45, 7) is 4.00. The van der Waals surface area contributed by atoms with E-state index >= 15 is 0 Å². The Balaban J connectivity index is 1.81. The zero-order valence-electron chi connectivity index (χ0n) is 12.4. The number of nitrogens with zero attached hydrogens (tertiary/aromatic N) is 4. The number of likely N-dealkylation sites (tertiary alicyclic amines) is 1. The van der Waals surface area contributed by atoms with Crippen molar-refractivity contribution >= 4 is 27.6 Å². The Morgan fingerprint density at radius 1 is 1.27 bits per heavy atom. The molecule has 1 aliphatic heterocycles. The van der Waals surface area contributed by atoms with Crippen LogP contribution in [0, 0.1) is 6.92 Å². The molecule has 4 rings (SSSR count). The van der Waals surface area contributed by atoms with Crippen molar-refractivity contribution in [1.82, 2.24) is 19.5 Å². The van der Waals surface area contributed by atoms with E-state index < -0.39 is 0 Å². The summed E-state index contributed by atoms with van der Waals surface area (Å²) in [7, 11) is 0. The first-order valence-electron chi connectivity index (χ1n) is 7.55. The molecule has 3 aromatic rings. The minimum atomic E-state index is 0.111. The molecule has 0 bridgehead atoms. The van der Waals surface area contributed by atoms with Crippen LogP contribution in [0.4, 0.5) is 0 Å². The monoisotopic (exact) mass is 334 g/mol. The summed E-state index contributed by atoms with van der Waals surface area (Å²) in [6, 6.07) is 2.27. The molecule has 116 valence electrons. The molecule has 1 atom stereocenters. The molecule has 0 radical (unpaired) electrons. The lowest BCUT2D eigenvalue weighted by atomic mass is 10.0. The number of aromatic hydroxyl groups is 1. The molecule has 1 aliphatic rings. The standard InChI is InChI=1S/C15H18N4OS2/c1-10-16-15-19(17-10)14(20)13(22-15)12(11-5-8-21-9-11)18-6-3-2-4-7-18/h5,8-9,12,20H,2-4,6-7H2,1H3/t12-/m1/s1. The van der Waals surface area contributed by atoms with Gasteiger partial charge in [0, 0.05) is 0 Å². The number of thiophene rings is 1. The van der Waals surface area contributed by atoms with E-state index in [-0.39, 0.29) is 11.9 Å². The fraction of sp³-hybridized carbons (Fsp3) is 0.467. The van der Waals surface area contributed by atoms with Crippen molar-refractivity contribution < 1.29 is 5.11 Å². The molecule has 1 fully saturated rings. The van der Waals surface area contributed by atoms with Gasteiger partial charge in [-0.2, -0.15) is 15.9 Å². The first kappa shape index (κ1) is 14.2. The van der Waals surface area contributed by atoms with E-state index in [9.17, 15) is 5.11 Å². The summed E-state index contributed by atoms with van der Waals surface area (Å²) in [4.78, 5) is 8.59. The van der Waals surface area contributed by atoms with E-state index in [1.165, 1.54) is 24.8 Å². The fourth-order valence-electron chi connectivity index (χ4n) is 3.16. The first-order valence-corrected chi connectivity index (χ1v) is 9.31. The highest BCUT2D eigenvalue weighted by Gasteiger charge is 2.30. The van der Waals surface area contributed by atoms with Crippen LogP contribution in [0.2, 0.25) is 0 Å². The predicted octanol–water partition coefficient (Wildman–Crippen LogP) is 3.44.